The SMILES string of the molecule is Nc1nccnc1C(=O)NC1CCC(c2ccccc2)CC1. The van der Waals surface area contributed by atoms with Gasteiger partial charge in [-0.3, -0.25) is 4.79 Å². The standard InChI is InChI=1S/C17H20N4O/c18-16-15(19-10-11-20-16)17(22)21-14-8-6-13(7-9-14)12-4-2-1-3-5-12/h1-5,10-11,13-14H,6-9H2,(H2,18,20)(H,21,22). The van der Waals surface area contributed by atoms with Gasteiger partial charge in [-0.15, -0.1) is 0 Å². The third-order valence-corrected chi connectivity index (χ3v) is 4.27. The van der Waals surface area contributed by atoms with Gasteiger partial charge >= 0.3 is 0 Å². The van der Waals surface area contributed by atoms with E-state index in [1.54, 1.807) is 0 Å². The molecule has 0 spiro atoms. The Morgan fingerprint density at radius 3 is 2.41 bits per heavy atom. The highest BCUT2D eigenvalue weighted by atomic mass is 16.2. The summed E-state index contributed by atoms with van der Waals surface area (Å²) in [6.07, 6.45) is 7.10. The number of carbonyl (C=O) groups excluding carboxylic acids is 1. The van der Waals surface area contributed by atoms with E-state index in [9.17, 15) is 4.79 Å². The Balaban J connectivity index is 1.56. The van der Waals surface area contributed by atoms with E-state index in [0.29, 0.717) is 5.92 Å². The van der Waals surface area contributed by atoms with Crippen LogP contribution in [0.5, 0.6) is 0 Å². The number of nitrogen functional groups attached to an aromatic ring is 1. The van der Waals surface area contributed by atoms with Gasteiger partial charge in [0.15, 0.2) is 11.5 Å². The molecule has 0 bridgehead atoms. The van der Waals surface area contributed by atoms with E-state index in [2.05, 4.69) is 39.6 Å². The van der Waals surface area contributed by atoms with Crippen LogP contribution in [-0.2, 0) is 0 Å². The third kappa shape index (κ3) is 3.24. The summed E-state index contributed by atoms with van der Waals surface area (Å²) in [6, 6.07) is 10.8. The van der Waals surface area contributed by atoms with Crippen LogP contribution >= 0.6 is 0 Å². The fourth-order valence-corrected chi connectivity index (χ4v) is 3.07. The van der Waals surface area contributed by atoms with E-state index in [1.807, 2.05) is 6.07 Å². The van der Waals surface area contributed by atoms with Crippen LogP contribution in [0, 0.1) is 0 Å². The minimum Gasteiger partial charge on any atom is -0.382 e. The molecule has 1 aliphatic carbocycles. The number of hydrogen-bond acceptors (Lipinski definition) is 4. The Hall–Kier alpha value is -2.43. The van der Waals surface area contributed by atoms with Crippen LogP contribution in [0.25, 0.3) is 0 Å². The van der Waals surface area contributed by atoms with E-state index >= 15 is 0 Å². The van der Waals surface area contributed by atoms with Crippen molar-refractivity contribution < 1.29 is 4.79 Å². The van der Waals surface area contributed by atoms with Crippen molar-refractivity contribution in [1.82, 2.24) is 15.3 Å². The first-order chi connectivity index (χ1) is 10.7. The first kappa shape index (κ1) is 14.5. The lowest BCUT2D eigenvalue weighted by Crippen LogP contribution is -2.38. The van der Waals surface area contributed by atoms with Gasteiger partial charge in [0.2, 0.25) is 0 Å². The molecule has 0 atom stereocenters. The third-order valence-electron chi connectivity index (χ3n) is 4.27. The first-order valence-electron chi connectivity index (χ1n) is 7.66. The van der Waals surface area contributed by atoms with Gasteiger partial charge in [-0.05, 0) is 37.2 Å². The summed E-state index contributed by atoms with van der Waals surface area (Å²) < 4.78 is 0. The summed E-state index contributed by atoms with van der Waals surface area (Å²) in [5, 5.41) is 3.03. The Bertz CT molecular complexity index is 636. The number of nitrogens with zero attached hydrogens (tertiary/aromatic N) is 2. The van der Waals surface area contributed by atoms with E-state index < -0.39 is 0 Å². The van der Waals surface area contributed by atoms with E-state index in [4.69, 9.17) is 5.73 Å². The van der Waals surface area contributed by atoms with Crippen molar-refractivity contribution in [2.45, 2.75) is 37.6 Å². The van der Waals surface area contributed by atoms with Crippen LogP contribution in [0.2, 0.25) is 0 Å². The number of aromatic nitrogens is 2. The molecule has 0 unspecified atom stereocenters. The molecule has 22 heavy (non-hydrogen) atoms. The number of rotatable bonds is 3. The molecule has 0 radical (unpaired) electrons. The second kappa shape index (κ2) is 6.56. The summed E-state index contributed by atoms with van der Waals surface area (Å²) in [5.74, 6) is 0.544. The second-order valence-corrected chi connectivity index (χ2v) is 5.72. The van der Waals surface area contributed by atoms with Gasteiger partial charge in [-0.1, -0.05) is 30.3 Å². The van der Waals surface area contributed by atoms with Crippen LogP contribution in [0.1, 0.15) is 47.7 Å². The molecular weight excluding hydrogens is 276 g/mol. The van der Waals surface area contributed by atoms with Crippen molar-refractivity contribution in [1.29, 1.82) is 0 Å². The van der Waals surface area contributed by atoms with Crippen molar-refractivity contribution in [3.63, 3.8) is 0 Å². The Kier molecular flexibility index (Phi) is 4.32. The number of anilines is 1. The Labute approximate surface area is 130 Å². The molecule has 2 aromatic rings. The molecule has 1 amide bonds. The summed E-state index contributed by atoms with van der Waals surface area (Å²) in [5.41, 5.74) is 7.30. The first-order valence-corrected chi connectivity index (χ1v) is 7.66. The van der Waals surface area contributed by atoms with Gasteiger partial charge in [0.05, 0.1) is 0 Å². The van der Waals surface area contributed by atoms with E-state index in [0.717, 1.165) is 25.7 Å². The number of carbonyl (C=O) groups is 1. The van der Waals surface area contributed by atoms with Crippen LogP contribution < -0.4 is 11.1 Å². The lowest BCUT2D eigenvalue weighted by Gasteiger charge is -2.29. The average molecular weight is 296 g/mol. The summed E-state index contributed by atoms with van der Waals surface area (Å²) in [4.78, 5) is 20.1. The lowest BCUT2D eigenvalue weighted by molar-refractivity contribution is 0.0921. The molecule has 1 saturated carbocycles. The highest BCUT2D eigenvalue weighted by molar-refractivity contribution is 5.96. The molecule has 5 nitrogen and oxygen atoms in total. The number of amides is 1. The molecule has 0 saturated heterocycles. The predicted molar refractivity (Wildman–Crippen MR) is 85.3 cm³/mol. The van der Waals surface area contributed by atoms with Gasteiger partial charge in [-0.25, -0.2) is 9.97 Å². The Morgan fingerprint density at radius 1 is 1.05 bits per heavy atom. The molecule has 3 N–H and O–H groups in total. The quantitative estimate of drug-likeness (QED) is 0.912. The maximum atomic E-state index is 12.2. The number of nitrogens with two attached hydrogens (primary N) is 1. The molecule has 114 valence electrons. The molecule has 0 aliphatic heterocycles. The molecule has 1 fully saturated rings. The predicted octanol–water partition coefficient (Wildman–Crippen LogP) is 2.52. The summed E-state index contributed by atoms with van der Waals surface area (Å²) in [6.45, 7) is 0. The van der Waals surface area contributed by atoms with Crippen LogP contribution in [0.3, 0.4) is 0 Å². The normalized spacial score (nSPS) is 21.3. The molecule has 1 heterocycles. The average Bonchev–Trinajstić information content (AvgIpc) is 2.57. The molecule has 1 aliphatic rings. The maximum absolute atomic E-state index is 12.2. The molecule has 5 heteroatoms. The second-order valence-electron chi connectivity index (χ2n) is 5.72. The van der Waals surface area contributed by atoms with Crippen molar-refractivity contribution in [2.75, 3.05) is 5.73 Å². The molecule has 1 aromatic heterocycles. The highest BCUT2D eigenvalue weighted by Crippen LogP contribution is 2.32. The Morgan fingerprint density at radius 2 is 1.73 bits per heavy atom. The maximum Gasteiger partial charge on any atom is 0.273 e. The zero-order valence-electron chi connectivity index (χ0n) is 12.4. The van der Waals surface area contributed by atoms with Gasteiger partial charge in [0, 0.05) is 18.4 Å². The smallest absolute Gasteiger partial charge is 0.273 e. The highest BCUT2D eigenvalue weighted by Gasteiger charge is 2.24. The van der Waals surface area contributed by atoms with Gasteiger partial charge in [0.1, 0.15) is 0 Å². The van der Waals surface area contributed by atoms with Crippen LogP contribution in [0.15, 0.2) is 42.7 Å². The van der Waals surface area contributed by atoms with Gasteiger partial charge in [-0.2, -0.15) is 0 Å². The molecular formula is C17H20N4O. The zero-order chi connectivity index (χ0) is 15.4. The minimum absolute atomic E-state index is 0.179. The topological polar surface area (TPSA) is 80.9 Å². The van der Waals surface area contributed by atoms with Gasteiger partial charge < -0.3 is 11.1 Å². The van der Waals surface area contributed by atoms with E-state index in [-0.39, 0.29) is 23.5 Å². The largest absolute Gasteiger partial charge is 0.382 e. The number of benzene rings is 1. The molecule has 1 aromatic carbocycles. The number of nitrogens with one attached hydrogen (secondary N) is 1. The van der Waals surface area contributed by atoms with Crippen LogP contribution in [0.4, 0.5) is 5.82 Å². The van der Waals surface area contributed by atoms with Crippen LogP contribution in [-0.4, -0.2) is 21.9 Å². The monoisotopic (exact) mass is 296 g/mol. The van der Waals surface area contributed by atoms with Crippen molar-refractivity contribution in [3.05, 3.63) is 54.0 Å². The lowest BCUT2D eigenvalue weighted by atomic mass is 9.82. The minimum atomic E-state index is -0.228. The van der Waals surface area contributed by atoms with E-state index in [1.165, 1.54) is 18.0 Å². The van der Waals surface area contributed by atoms with Crippen molar-refractivity contribution in [3.8, 4) is 0 Å². The summed E-state index contributed by atoms with van der Waals surface area (Å²) in [7, 11) is 0. The molecule has 3 rings (SSSR count). The summed E-state index contributed by atoms with van der Waals surface area (Å²) >= 11 is 0. The fraction of sp³-hybridized carbons (Fsp3) is 0.353. The van der Waals surface area contributed by atoms with Crippen molar-refractivity contribution in [2.24, 2.45) is 0 Å². The number of hydrogen-bond donors (Lipinski definition) is 2. The fourth-order valence-electron chi connectivity index (χ4n) is 3.07. The van der Waals surface area contributed by atoms with Gasteiger partial charge in [0.25, 0.3) is 5.91 Å². The van der Waals surface area contributed by atoms with Crippen molar-refractivity contribution >= 4 is 11.7 Å². The zero-order valence-corrected chi connectivity index (χ0v) is 12.4.